The molecule has 0 atom stereocenters. The summed E-state index contributed by atoms with van der Waals surface area (Å²) in [6, 6.07) is 0. The second kappa shape index (κ2) is 6.09. The zero-order chi connectivity index (χ0) is 13.8. The Morgan fingerprint density at radius 1 is 1.56 bits per heavy atom. The number of aromatic amines is 1. The van der Waals surface area contributed by atoms with Crippen molar-refractivity contribution in [2.75, 3.05) is 19.8 Å². The lowest BCUT2D eigenvalue weighted by Crippen LogP contribution is -2.28. The zero-order valence-electron chi connectivity index (χ0n) is 9.56. The second-order valence-corrected chi connectivity index (χ2v) is 6.29. The molecule has 0 saturated carbocycles. The van der Waals surface area contributed by atoms with Gasteiger partial charge in [-0.2, -0.15) is 0 Å². The van der Waals surface area contributed by atoms with E-state index in [4.69, 9.17) is 10.5 Å². The van der Waals surface area contributed by atoms with Gasteiger partial charge in [-0.25, -0.2) is 13.1 Å². The number of aromatic nitrogens is 1. The summed E-state index contributed by atoms with van der Waals surface area (Å²) in [5.74, 6) is -0.627. The van der Waals surface area contributed by atoms with E-state index in [1.165, 1.54) is 6.92 Å². The summed E-state index contributed by atoms with van der Waals surface area (Å²) in [4.78, 5) is 23.3. The largest absolute Gasteiger partial charge is 0.370 e. The van der Waals surface area contributed by atoms with Gasteiger partial charge in [0.1, 0.15) is 6.61 Å². The van der Waals surface area contributed by atoms with Gasteiger partial charge < -0.3 is 15.5 Å². The van der Waals surface area contributed by atoms with Crippen LogP contribution in [0.25, 0.3) is 0 Å². The van der Waals surface area contributed by atoms with Crippen LogP contribution in [0.2, 0.25) is 0 Å². The number of aryl methyl sites for hydroxylation is 1. The van der Waals surface area contributed by atoms with E-state index in [0.29, 0.717) is 11.3 Å². The molecule has 0 saturated heterocycles. The molecule has 1 rings (SSSR count). The van der Waals surface area contributed by atoms with Crippen LogP contribution in [0.4, 0.5) is 0 Å². The highest BCUT2D eigenvalue weighted by molar-refractivity contribution is 7.91. The van der Waals surface area contributed by atoms with Gasteiger partial charge in [0.2, 0.25) is 5.91 Å². The molecule has 0 unspecified atom stereocenters. The SMILES string of the molecule is Cc1[nH]c(=O)sc1S(=O)(=O)NCCOCC(N)=O. The minimum atomic E-state index is -3.73. The van der Waals surface area contributed by atoms with Crippen LogP contribution in [0.3, 0.4) is 0 Å². The lowest BCUT2D eigenvalue weighted by atomic mass is 10.6. The third kappa shape index (κ3) is 4.22. The lowest BCUT2D eigenvalue weighted by molar-refractivity contribution is -0.122. The van der Waals surface area contributed by atoms with Gasteiger partial charge in [0.05, 0.1) is 6.61 Å². The molecule has 0 aliphatic heterocycles. The first kappa shape index (κ1) is 14.8. The minimum Gasteiger partial charge on any atom is -0.370 e. The van der Waals surface area contributed by atoms with Crippen molar-refractivity contribution in [3.63, 3.8) is 0 Å². The second-order valence-electron chi connectivity index (χ2n) is 3.34. The maximum atomic E-state index is 11.8. The number of hydrogen-bond donors (Lipinski definition) is 3. The first-order chi connectivity index (χ1) is 8.33. The number of rotatable bonds is 7. The molecule has 102 valence electrons. The van der Waals surface area contributed by atoms with E-state index in [0.717, 1.165) is 0 Å². The first-order valence-corrected chi connectivity index (χ1v) is 7.18. The van der Waals surface area contributed by atoms with Gasteiger partial charge in [-0.1, -0.05) is 11.3 Å². The van der Waals surface area contributed by atoms with E-state index in [-0.39, 0.29) is 29.7 Å². The number of nitrogens with one attached hydrogen (secondary N) is 2. The number of ether oxygens (including phenoxy) is 1. The van der Waals surface area contributed by atoms with Crippen molar-refractivity contribution in [2.45, 2.75) is 11.1 Å². The van der Waals surface area contributed by atoms with Crippen LogP contribution < -0.4 is 15.3 Å². The van der Waals surface area contributed by atoms with Crippen molar-refractivity contribution < 1.29 is 17.9 Å². The number of primary amides is 1. The Bertz CT molecular complexity index is 574. The van der Waals surface area contributed by atoms with E-state index in [1.807, 2.05) is 0 Å². The molecule has 0 aliphatic carbocycles. The van der Waals surface area contributed by atoms with Gasteiger partial charge in [0, 0.05) is 12.2 Å². The van der Waals surface area contributed by atoms with Crippen molar-refractivity contribution in [1.82, 2.24) is 9.71 Å². The van der Waals surface area contributed by atoms with Gasteiger partial charge in [0.15, 0.2) is 4.21 Å². The van der Waals surface area contributed by atoms with Crippen LogP contribution in [0.15, 0.2) is 9.00 Å². The van der Waals surface area contributed by atoms with Gasteiger partial charge in [-0.15, -0.1) is 0 Å². The number of thiazole rings is 1. The quantitative estimate of drug-likeness (QED) is 0.528. The molecule has 0 aromatic carbocycles. The Kier molecular flexibility index (Phi) is 5.02. The van der Waals surface area contributed by atoms with Crippen LogP contribution >= 0.6 is 11.3 Å². The highest BCUT2D eigenvalue weighted by Crippen LogP contribution is 2.14. The Morgan fingerprint density at radius 2 is 2.22 bits per heavy atom. The predicted molar refractivity (Wildman–Crippen MR) is 64.9 cm³/mol. The molecule has 10 heteroatoms. The molecule has 0 fully saturated rings. The Morgan fingerprint density at radius 3 is 2.72 bits per heavy atom. The maximum absolute atomic E-state index is 11.8. The number of sulfonamides is 1. The average molecular weight is 295 g/mol. The molecular weight excluding hydrogens is 282 g/mol. The lowest BCUT2D eigenvalue weighted by Gasteiger charge is -2.05. The Labute approximate surface area is 107 Å². The summed E-state index contributed by atoms with van der Waals surface area (Å²) in [6.07, 6.45) is 0. The molecule has 18 heavy (non-hydrogen) atoms. The van der Waals surface area contributed by atoms with Crippen LogP contribution in [-0.2, 0) is 19.6 Å². The van der Waals surface area contributed by atoms with E-state index >= 15 is 0 Å². The van der Waals surface area contributed by atoms with Crippen LogP contribution in [0.1, 0.15) is 5.69 Å². The number of H-pyrrole nitrogens is 1. The normalized spacial score (nSPS) is 11.6. The van der Waals surface area contributed by atoms with Gasteiger partial charge in [-0.05, 0) is 6.92 Å². The predicted octanol–water partition coefficient (Wildman–Crippen LogP) is -1.47. The topological polar surface area (TPSA) is 131 Å². The summed E-state index contributed by atoms with van der Waals surface area (Å²) in [5, 5.41) is 0. The van der Waals surface area contributed by atoms with Crippen LogP contribution in [0, 0.1) is 6.92 Å². The van der Waals surface area contributed by atoms with Gasteiger partial charge >= 0.3 is 4.87 Å². The zero-order valence-corrected chi connectivity index (χ0v) is 11.2. The van der Waals surface area contributed by atoms with E-state index in [9.17, 15) is 18.0 Å². The average Bonchev–Trinajstić information content (AvgIpc) is 2.57. The molecule has 1 aromatic heterocycles. The van der Waals surface area contributed by atoms with E-state index in [2.05, 4.69) is 9.71 Å². The Balaban J connectivity index is 2.53. The molecule has 0 radical (unpaired) electrons. The number of amides is 1. The summed E-state index contributed by atoms with van der Waals surface area (Å²) in [7, 11) is -3.73. The third-order valence-corrected chi connectivity index (χ3v) is 4.87. The number of nitrogens with two attached hydrogens (primary N) is 1. The van der Waals surface area contributed by atoms with E-state index in [1.54, 1.807) is 0 Å². The highest BCUT2D eigenvalue weighted by atomic mass is 32.2. The number of carbonyl (C=O) groups excluding carboxylic acids is 1. The van der Waals surface area contributed by atoms with Crippen LogP contribution in [-0.4, -0.2) is 39.1 Å². The summed E-state index contributed by atoms with van der Waals surface area (Å²) >= 11 is 0.613. The van der Waals surface area contributed by atoms with Crippen molar-refractivity contribution in [3.05, 3.63) is 15.4 Å². The monoisotopic (exact) mass is 295 g/mol. The first-order valence-electron chi connectivity index (χ1n) is 4.88. The molecule has 1 amide bonds. The Hall–Kier alpha value is -1.23. The van der Waals surface area contributed by atoms with Crippen LogP contribution in [0.5, 0.6) is 0 Å². The molecular formula is C8H13N3O5S2. The van der Waals surface area contributed by atoms with Crippen molar-refractivity contribution in [3.8, 4) is 0 Å². The van der Waals surface area contributed by atoms with Gasteiger partial charge in [0.25, 0.3) is 10.0 Å². The fourth-order valence-electron chi connectivity index (χ4n) is 1.13. The third-order valence-electron chi connectivity index (χ3n) is 1.81. The molecule has 1 heterocycles. The fraction of sp³-hybridized carbons (Fsp3) is 0.500. The molecule has 0 aliphatic rings. The maximum Gasteiger partial charge on any atom is 0.305 e. The number of carbonyl (C=O) groups is 1. The molecule has 1 aromatic rings. The summed E-state index contributed by atoms with van der Waals surface area (Å²) in [5.41, 5.74) is 5.12. The van der Waals surface area contributed by atoms with E-state index < -0.39 is 20.8 Å². The highest BCUT2D eigenvalue weighted by Gasteiger charge is 2.19. The molecule has 0 spiro atoms. The molecule has 4 N–H and O–H groups in total. The van der Waals surface area contributed by atoms with Crippen molar-refractivity contribution in [1.29, 1.82) is 0 Å². The molecule has 0 bridgehead atoms. The molecule has 8 nitrogen and oxygen atoms in total. The fourth-order valence-corrected chi connectivity index (χ4v) is 3.49. The standard InChI is InChI=1S/C8H13N3O5S2/c1-5-7(17-8(13)11-5)18(14,15)10-2-3-16-4-6(9)12/h10H,2-4H2,1H3,(H2,9,12)(H,11,13). The smallest absolute Gasteiger partial charge is 0.305 e. The van der Waals surface area contributed by atoms with Gasteiger partial charge in [-0.3, -0.25) is 9.59 Å². The number of hydrogen-bond acceptors (Lipinski definition) is 6. The minimum absolute atomic E-state index is 0.0128. The summed E-state index contributed by atoms with van der Waals surface area (Å²) in [6.45, 7) is 1.23. The van der Waals surface area contributed by atoms with Crippen molar-refractivity contribution >= 4 is 27.3 Å². The summed E-state index contributed by atoms with van der Waals surface area (Å²) < 4.78 is 30.5. The van der Waals surface area contributed by atoms with Crippen molar-refractivity contribution in [2.24, 2.45) is 5.73 Å².